The van der Waals surface area contributed by atoms with Crippen molar-refractivity contribution in [1.82, 2.24) is 14.8 Å². The van der Waals surface area contributed by atoms with E-state index in [1.807, 2.05) is 30.0 Å². The number of carbonyl (C=O) groups excluding carboxylic acids is 2. The van der Waals surface area contributed by atoms with Crippen molar-refractivity contribution in [3.05, 3.63) is 71.4 Å². The summed E-state index contributed by atoms with van der Waals surface area (Å²) in [5.41, 5.74) is 3.25. The molecule has 1 aromatic heterocycles. The molecule has 6 rings (SSSR count). The topological polar surface area (TPSA) is 54.3 Å². The van der Waals surface area contributed by atoms with Crippen molar-refractivity contribution in [2.75, 3.05) is 0 Å². The third-order valence-electron chi connectivity index (χ3n) is 8.83. The van der Waals surface area contributed by atoms with Gasteiger partial charge in [0.25, 0.3) is 5.91 Å². The number of nitrogens with zero attached hydrogens (tertiary/aromatic N) is 2. The number of hydrogen-bond donors (Lipinski definition) is 1. The van der Waals surface area contributed by atoms with Crippen LogP contribution in [-0.4, -0.2) is 32.9 Å². The van der Waals surface area contributed by atoms with Gasteiger partial charge in [0.2, 0.25) is 5.91 Å². The van der Waals surface area contributed by atoms with E-state index in [4.69, 9.17) is 0 Å². The van der Waals surface area contributed by atoms with Crippen molar-refractivity contribution in [3.8, 4) is 0 Å². The molecule has 36 heavy (non-hydrogen) atoms. The van der Waals surface area contributed by atoms with Crippen LogP contribution in [0.4, 0.5) is 0 Å². The van der Waals surface area contributed by atoms with Gasteiger partial charge < -0.3 is 14.8 Å². The first-order valence-corrected chi connectivity index (χ1v) is 13.9. The Morgan fingerprint density at radius 2 is 1.64 bits per heavy atom. The summed E-state index contributed by atoms with van der Waals surface area (Å²) < 4.78 is 2.08. The van der Waals surface area contributed by atoms with E-state index in [-0.39, 0.29) is 23.9 Å². The van der Waals surface area contributed by atoms with Crippen LogP contribution in [0.2, 0.25) is 0 Å². The Morgan fingerprint density at radius 3 is 2.47 bits per heavy atom. The summed E-state index contributed by atoms with van der Waals surface area (Å²) in [5, 5.41) is 4.49. The van der Waals surface area contributed by atoms with E-state index < -0.39 is 5.54 Å². The molecule has 5 nitrogen and oxygen atoms in total. The van der Waals surface area contributed by atoms with Gasteiger partial charge in [0.15, 0.2) is 0 Å². The van der Waals surface area contributed by atoms with Crippen LogP contribution in [0.3, 0.4) is 0 Å². The molecular weight excluding hydrogens is 446 g/mol. The fourth-order valence-electron chi connectivity index (χ4n) is 6.89. The highest BCUT2D eigenvalue weighted by Crippen LogP contribution is 2.43. The van der Waals surface area contributed by atoms with Crippen molar-refractivity contribution in [1.29, 1.82) is 0 Å². The summed E-state index contributed by atoms with van der Waals surface area (Å²) in [4.78, 5) is 30.5. The number of nitrogens with one attached hydrogen (secondary N) is 1. The van der Waals surface area contributed by atoms with Gasteiger partial charge in [-0.3, -0.25) is 9.59 Å². The number of rotatable bonds is 3. The van der Waals surface area contributed by atoms with E-state index in [0.29, 0.717) is 12.2 Å². The number of aromatic nitrogens is 1. The Labute approximate surface area is 213 Å². The molecule has 0 radical (unpaired) electrons. The Morgan fingerprint density at radius 1 is 0.917 bits per heavy atom. The Balaban J connectivity index is 1.43. The molecule has 2 atom stereocenters. The highest BCUT2D eigenvalue weighted by molar-refractivity contribution is 6.04. The fraction of sp³-hybridized carbons (Fsp3) is 0.484. The summed E-state index contributed by atoms with van der Waals surface area (Å²) in [6.45, 7) is 2.47. The maximum Gasteiger partial charge on any atom is 0.271 e. The zero-order valence-corrected chi connectivity index (χ0v) is 21.3. The normalized spacial score (nSPS) is 25.1. The summed E-state index contributed by atoms with van der Waals surface area (Å²) >= 11 is 0. The average molecular weight is 484 g/mol. The van der Waals surface area contributed by atoms with Gasteiger partial charge in [-0.15, -0.1) is 0 Å². The Bertz CT molecular complexity index is 1290. The first kappa shape index (κ1) is 23.3. The van der Waals surface area contributed by atoms with Gasteiger partial charge in [0.05, 0.1) is 12.6 Å². The summed E-state index contributed by atoms with van der Waals surface area (Å²) in [5.74, 6) is -0.0395. The molecule has 1 fully saturated rings. The minimum Gasteiger partial charge on any atom is -0.351 e. The smallest absolute Gasteiger partial charge is 0.271 e. The molecule has 1 N–H and O–H groups in total. The van der Waals surface area contributed by atoms with Crippen molar-refractivity contribution in [2.45, 2.75) is 95.3 Å². The van der Waals surface area contributed by atoms with E-state index in [9.17, 15) is 9.59 Å². The highest BCUT2D eigenvalue weighted by Gasteiger charge is 2.51. The van der Waals surface area contributed by atoms with E-state index in [2.05, 4.69) is 46.3 Å². The third kappa shape index (κ3) is 3.93. The molecule has 2 heterocycles. The maximum atomic E-state index is 14.3. The summed E-state index contributed by atoms with van der Waals surface area (Å²) in [6, 6.07) is 18.7. The van der Waals surface area contributed by atoms with Gasteiger partial charge in [-0.25, -0.2) is 0 Å². The third-order valence-corrected chi connectivity index (χ3v) is 8.83. The SMILES string of the molecule is C[C@]1(C(=O)NC2CCCCCCC2)Cn2c(cc3ccccc32)C(=O)N1[C@H]1CCCc2ccccc21. The zero-order chi connectivity index (χ0) is 24.7. The van der Waals surface area contributed by atoms with Crippen molar-refractivity contribution in [3.63, 3.8) is 0 Å². The molecule has 5 heteroatoms. The van der Waals surface area contributed by atoms with E-state index >= 15 is 0 Å². The first-order chi connectivity index (χ1) is 17.6. The van der Waals surface area contributed by atoms with Crippen LogP contribution in [0.1, 0.15) is 92.4 Å². The molecule has 1 aliphatic heterocycles. The van der Waals surface area contributed by atoms with Crippen LogP contribution >= 0.6 is 0 Å². The molecule has 2 amide bonds. The lowest BCUT2D eigenvalue weighted by atomic mass is 9.82. The molecule has 0 saturated heterocycles. The number of hydrogen-bond acceptors (Lipinski definition) is 2. The van der Waals surface area contributed by atoms with Crippen LogP contribution in [0.5, 0.6) is 0 Å². The number of amides is 2. The monoisotopic (exact) mass is 483 g/mol. The lowest BCUT2D eigenvalue weighted by Gasteiger charge is -2.49. The fourth-order valence-corrected chi connectivity index (χ4v) is 6.89. The largest absolute Gasteiger partial charge is 0.351 e. The predicted octanol–water partition coefficient (Wildman–Crippen LogP) is 6.16. The number of benzene rings is 2. The predicted molar refractivity (Wildman–Crippen MR) is 143 cm³/mol. The van der Waals surface area contributed by atoms with E-state index in [1.54, 1.807) is 0 Å². The summed E-state index contributed by atoms with van der Waals surface area (Å²) in [7, 11) is 0. The quantitative estimate of drug-likeness (QED) is 0.485. The molecule has 3 aromatic rings. The molecule has 1 saturated carbocycles. The highest BCUT2D eigenvalue weighted by atomic mass is 16.2. The van der Waals surface area contributed by atoms with E-state index in [0.717, 1.165) is 55.8 Å². The number of carbonyl (C=O) groups is 2. The number of aryl methyl sites for hydroxylation is 1. The van der Waals surface area contributed by atoms with Crippen LogP contribution in [0.15, 0.2) is 54.6 Å². The molecule has 188 valence electrons. The Kier molecular flexibility index (Phi) is 6.10. The minimum absolute atomic E-state index is 0.00657. The molecule has 3 aliphatic rings. The van der Waals surface area contributed by atoms with Crippen LogP contribution in [0, 0.1) is 0 Å². The minimum atomic E-state index is -0.969. The molecular formula is C31H37N3O2. The molecule has 2 aliphatic carbocycles. The van der Waals surface area contributed by atoms with Gasteiger partial charge in [-0.05, 0) is 62.3 Å². The van der Waals surface area contributed by atoms with Gasteiger partial charge in [0.1, 0.15) is 11.2 Å². The van der Waals surface area contributed by atoms with E-state index in [1.165, 1.54) is 30.4 Å². The second kappa shape index (κ2) is 9.42. The molecule has 0 unspecified atom stereocenters. The number of fused-ring (bicyclic) bond motifs is 4. The zero-order valence-electron chi connectivity index (χ0n) is 21.3. The van der Waals surface area contributed by atoms with Gasteiger partial charge in [-0.2, -0.15) is 0 Å². The average Bonchev–Trinajstić information content (AvgIpc) is 3.24. The second-order valence-electron chi connectivity index (χ2n) is 11.2. The Hall–Kier alpha value is -3.08. The molecule has 0 spiro atoms. The van der Waals surface area contributed by atoms with Gasteiger partial charge >= 0.3 is 0 Å². The standard InChI is InChI=1S/C31H37N3O2/c1-31(30(36)32-24-15-5-3-2-4-6-16-24)21-33-26-18-10-8-13-23(26)20-28(33)29(35)34(31)27-19-11-14-22-12-7-9-17-25(22)27/h7-10,12-13,17-18,20,24,27H,2-6,11,14-16,19,21H2,1H3,(H,32,36)/t27-,31+/m0/s1. The van der Waals surface area contributed by atoms with Gasteiger partial charge in [0, 0.05) is 16.9 Å². The lowest BCUT2D eigenvalue weighted by molar-refractivity contribution is -0.135. The maximum absolute atomic E-state index is 14.3. The van der Waals surface area contributed by atoms with Crippen molar-refractivity contribution < 1.29 is 9.59 Å². The van der Waals surface area contributed by atoms with Crippen LogP contribution in [0.25, 0.3) is 10.9 Å². The van der Waals surface area contributed by atoms with Gasteiger partial charge in [-0.1, -0.05) is 74.6 Å². The lowest BCUT2D eigenvalue weighted by Crippen LogP contribution is -2.65. The van der Waals surface area contributed by atoms with Crippen molar-refractivity contribution in [2.24, 2.45) is 0 Å². The van der Waals surface area contributed by atoms with Crippen LogP contribution < -0.4 is 5.32 Å². The van der Waals surface area contributed by atoms with Crippen LogP contribution in [-0.2, 0) is 17.8 Å². The molecule has 0 bridgehead atoms. The molecule has 2 aromatic carbocycles. The second-order valence-corrected chi connectivity index (χ2v) is 11.2. The number of para-hydroxylation sites is 1. The summed E-state index contributed by atoms with van der Waals surface area (Å²) in [6.07, 6.45) is 11.1. The van der Waals surface area contributed by atoms with Crippen molar-refractivity contribution >= 4 is 22.7 Å². The first-order valence-electron chi connectivity index (χ1n) is 13.9.